The van der Waals surface area contributed by atoms with Gasteiger partial charge in [0.2, 0.25) is 0 Å². The first kappa shape index (κ1) is 8.13. The zero-order chi connectivity index (χ0) is 9.26. The van der Waals surface area contributed by atoms with Crippen molar-refractivity contribution >= 4 is 10.9 Å². The molecule has 2 aromatic rings. The molecular formula is C10H10N2O. The van der Waals surface area contributed by atoms with Crippen LogP contribution in [0.1, 0.15) is 18.7 Å². The summed E-state index contributed by atoms with van der Waals surface area (Å²) in [7, 11) is 0. The van der Waals surface area contributed by atoms with E-state index < -0.39 is 6.10 Å². The molecule has 2 rings (SSSR count). The summed E-state index contributed by atoms with van der Waals surface area (Å²) < 4.78 is 0. The summed E-state index contributed by atoms with van der Waals surface area (Å²) in [6, 6.07) is 9.56. The van der Waals surface area contributed by atoms with Gasteiger partial charge < -0.3 is 5.11 Å². The summed E-state index contributed by atoms with van der Waals surface area (Å²) in [4.78, 5) is 0. The van der Waals surface area contributed by atoms with Crippen LogP contribution in [-0.2, 0) is 0 Å². The van der Waals surface area contributed by atoms with Gasteiger partial charge in [0.25, 0.3) is 0 Å². The molecule has 0 radical (unpaired) electrons. The maximum absolute atomic E-state index is 9.28. The van der Waals surface area contributed by atoms with E-state index in [1.54, 1.807) is 6.92 Å². The number of fused-ring (bicyclic) bond motifs is 1. The van der Waals surface area contributed by atoms with Crippen LogP contribution in [0.5, 0.6) is 0 Å². The number of aliphatic hydroxyl groups excluding tert-OH is 1. The highest BCUT2D eigenvalue weighted by atomic mass is 16.3. The molecule has 1 aromatic carbocycles. The van der Waals surface area contributed by atoms with Crippen LogP contribution in [0.2, 0.25) is 0 Å². The van der Waals surface area contributed by atoms with Gasteiger partial charge in [-0.05, 0) is 19.1 Å². The summed E-state index contributed by atoms with van der Waals surface area (Å²) in [6.45, 7) is 1.68. The Bertz CT molecular complexity index is 426. The topological polar surface area (TPSA) is 46.0 Å². The van der Waals surface area contributed by atoms with Gasteiger partial charge in [-0.15, -0.1) is 0 Å². The van der Waals surface area contributed by atoms with Gasteiger partial charge in [0.1, 0.15) is 0 Å². The number of hydrogen-bond donors (Lipinski definition) is 1. The molecule has 66 valence electrons. The second-order valence-corrected chi connectivity index (χ2v) is 3.00. The molecule has 0 aliphatic rings. The smallest absolute Gasteiger partial charge is 0.0950 e. The van der Waals surface area contributed by atoms with Crippen molar-refractivity contribution in [2.75, 3.05) is 0 Å². The second-order valence-electron chi connectivity index (χ2n) is 3.00. The molecule has 0 saturated carbocycles. The van der Waals surface area contributed by atoms with Gasteiger partial charge in [-0.25, -0.2) is 0 Å². The monoisotopic (exact) mass is 174 g/mol. The third kappa shape index (κ3) is 1.51. The molecule has 1 heterocycles. The zero-order valence-corrected chi connectivity index (χ0v) is 7.31. The lowest BCUT2D eigenvalue weighted by atomic mass is 10.2. The fraction of sp³-hybridized carbons (Fsp3) is 0.200. The number of aliphatic hydroxyl groups is 1. The van der Waals surface area contributed by atoms with Crippen molar-refractivity contribution in [1.29, 1.82) is 0 Å². The number of benzene rings is 1. The molecule has 0 aliphatic carbocycles. The summed E-state index contributed by atoms with van der Waals surface area (Å²) >= 11 is 0. The molecule has 0 saturated heterocycles. The molecule has 1 N–H and O–H groups in total. The van der Waals surface area contributed by atoms with E-state index in [2.05, 4.69) is 10.2 Å². The standard InChI is InChI=1S/C10H10N2O/c1-7(13)10-6-8-4-2-3-5-9(8)11-12-10/h2-7,13H,1H3/t7-/m1/s1. The van der Waals surface area contributed by atoms with E-state index in [0.29, 0.717) is 5.69 Å². The molecule has 1 atom stereocenters. The first-order valence-corrected chi connectivity index (χ1v) is 4.18. The van der Waals surface area contributed by atoms with E-state index >= 15 is 0 Å². The Morgan fingerprint density at radius 1 is 1.23 bits per heavy atom. The molecule has 0 amide bonds. The van der Waals surface area contributed by atoms with Crippen molar-refractivity contribution in [2.45, 2.75) is 13.0 Å². The Balaban J connectivity index is 2.62. The number of nitrogens with zero attached hydrogens (tertiary/aromatic N) is 2. The van der Waals surface area contributed by atoms with Crippen molar-refractivity contribution in [3.05, 3.63) is 36.0 Å². The van der Waals surface area contributed by atoms with E-state index in [0.717, 1.165) is 10.9 Å². The third-order valence-electron chi connectivity index (χ3n) is 1.94. The minimum atomic E-state index is -0.558. The van der Waals surface area contributed by atoms with Gasteiger partial charge in [0.05, 0.1) is 17.3 Å². The zero-order valence-electron chi connectivity index (χ0n) is 7.31. The highest BCUT2D eigenvalue weighted by Crippen LogP contribution is 2.14. The van der Waals surface area contributed by atoms with E-state index in [9.17, 15) is 5.11 Å². The Morgan fingerprint density at radius 3 is 2.77 bits per heavy atom. The quantitative estimate of drug-likeness (QED) is 0.715. The second kappa shape index (κ2) is 3.11. The van der Waals surface area contributed by atoms with E-state index in [4.69, 9.17) is 0 Å². The van der Waals surface area contributed by atoms with Crippen LogP contribution < -0.4 is 0 Å². The minimum absolute atomic E-state index is 0.558. The maximum Gasteiger partial charge on any atom is 0.0950 e. The predicted molar refractivity (Wildman–Crippen MR) is 50.2 cm³/mol. The molecule has 0 aliphatic heterocycles. The SMILES string of the molecule is C[C@@H](O)c1cc2ccccc2nn1. The summed E-state index contributed by atoms with van der Waals surface area (Å²) in [6.07, 6.45) is -0.558. The van der Waals surface area contributed by atoms with E-state index in [-0.39, 0.29) is 0 Å². The number of hydrogen-bond acceptors (Lipinski definition) is 3. The van der Waals surface area contributed by atoms with Crippen LogP contribution in [-0.4, -0.2) is 15.3 Å². The van der Waals surface area contributed by atoms with Crippen LogP contribution in [0.25, 0.3) is 10.9 Å². The predicted octanol–water partition coefficient (Wildman–Crippen LogP) is 1.68. The molecule has 13 heavy (non-hydrogen) atoms. The Morgan fingerprint density at radius 2 is 2.00 bits per heavy atom. The summed E-state index contributed by atoms with van der Waals surface area (Å²) in [5.41, 5.74) is 1.46. The van der Waals surface area contributed by atoms with Crippen LogP contribution in [0.4, 0.5) is 0 Å². The minimum Gasteiger partial charge on any atom is -0.387 e. The van der Waals surface area contributed by atoms with Crippen LogP contribution in [0.3, 0.4) is 0 Å². The molecular weight excluding hydrogens is 164 g/mol. The molecule has 0 unspecified atom stereocenters. The van der Waals surface area contributed by atoms with Crippen LogP contribution in [0, 0.1) is 0 Å². The molecule has 0 fully saturated rings. The lowest BCUT2D eigenvalue weighted by molar-refractivity contribution is 0.193. The van der Waals surface area contributed by atoms with Crippen molar-refractivity contribution < 1.29 is 5.11 Å². The number of rotatable bonds is 1. The first-order chi connectivity index (χ1) is 6.27. The average molecular weight is 174 g/mol. The molecule has 0 spiro atoms. The lowest BCUT2D eigenvalue weighted by Crippen LogP contribution is -1.97. The lowest BCUT2D eigenvalue weighted by Gasteiger charge is -2.02. The van der Waals surface area contributed by atoms with Gasteiger partial charge >= 0.3 is 0 Å². The normalized spacial score (nSPS) is 13.1. The summed E-state index contributed by atoms with van der Waals surface area (Å²) in [5.74, 6) is 0. The Kier molecular flexibility index (Phi) is 1.94. The van der Waals surface area contributed by atoms with Gasteiger partial charge in [-0.2, -0.15) is 10.2 Å². The van der Waals surface area contributed by atoms with Gasteiger partial charge in [0.15, 0.2) is 0 Å². The first-order valence-electron chi connectivity index (χ1n) is 4.18. The highest BCUT2D eigenvalue weighted by Gasteiger charge is 2.03. The van der Waals surface area contributed by atoms with Crippen molar-refractivity contribution in [3.8, 4) is 0 Å². The largest absolute Gasteiger partial charge is 0.387 e. The Hall–Kier alpha value is -1.48. The van der Waals surface area contributed by atoms with Gasteiger partial charge in [-0.1, -0.05) is 18.2 Å². The van der Waals surface area contributed by atoms with Crippen LogP contribution >= 0.6 is 0 Å². The van der Waals surface area contributed by atoms with E-state index in [1.165, 1.54) is 0 Å². The van der Waals surface area contributed by atoms with Crippen molar-refractivity contribution in [2.24, 2.45) is 0 Å². The molecule has 1 aromatic heterocycles. The van der Waals surface area contributed by atoms with Crippen molar-refractivity contribution in [3.63, 3.8) is 0 Å². The van der Waals surface area contributed by atoms with E-state index in [1.807, 2.05) is 30.3 Å². The van der Waals surface area contributed by atoms with Gasteiger partial charge in [-0.3, -0.25) is 0 Å². The molecule has 3 nitrogen and oxygen atoms in total. The fourth-order valence-electron chi connectivity index (χ4n) is 1.20. The highest BCUT2D eigenvalue weighted by molar-refractivity contribution is 5.77. The maximum atomic E-state index is 9.28. The van der Waals surface area contributed by atoms with Gasteiger partial charge in [0, 0.05) is 5.39 Å². The average Bonchev–Trinajstić information content (AvgIpc) is 2.17. The fourth-order valence-corrected chi connectivity index (χ4v) is 1.20. The van der Waals surface area contributed by atoms with Crippen LogP contribution in [0.15, 0.2) is 30.3 Å². The summed E-state index contributed by atoms with van der Waals surface area (Å²) in [5, 5.41) is 18.2. The van der Waals surface area contributed by atoms with Crippen molar-refractivity contribution in [1.82, 2.24) is 10.2 Å². The Labute approximate surface area is 76.0 Å². The molecule has 3 heteroatoms. The third-order valence-corrected chi connectivity index (χ3v) is 1.94. The number of aromatic nitrogens is 2. The molecule has 0 bridgehead atoms.